The van der Waals surface area contributed by atoms with E-state index < -0.39 is 5.97 Å². The molecule has 0 bridgehead atoms. The maximum absolute atomic E-state index is 13.3. The Morgan fingerprint density at radius 1 is 0.971 bits per heavy atom. The summed E-state index contributed by atoms with van der Waals surface area (Å²) >= 11 is 0. The fourth-order valence-corrected chi connectivity index (χ4v) is 4.50. The van der Waals surface area contributed by atoms with Crippen LogP contribution in [0.5, 0.6) is 0 Å². The summed E-state index contributed by atoms with van der Waals surface area (Å²) in [4.78, 5) is 29.7. The third-order valence-corrected chi connectivity index (χ3v) is 6.23. The van der Waals surface area contributed by atoms with Crippen molar-refractivity contribution in [1.29, 1.82) is 0 Å². The highest BCUT2D eigenvalue weighted by molar-refractivity contribution is 6.16. The Morgan fingerprint density at radius 2 is 1.63 bits per heavy atom. The number of fused-ring (bicyclic) bond motifs is 3. The predicted octanol–water partition coefficient (Wildman–Crippen LogP) is 6.98. The van der Waals surface area contributed by atoms with Gasteiger partial charge in [0.15, 0.2) is 5.78 Å². The van der Waals surface area contributed by atoms with Crippen LogP contribution in [0.4, 0.5) is 0 Å². The molecule has 4 aromatic rings. The van der Waals surface area contributed by atoms with Crippen molar-refractivity contribution in [3.63, 3.8) is 0 Å². The number of rotatable bonds is 8. The summed E-state index contributed by atoms with van der Waals surface area (Å²) in [6, 6.07) is 19.8. The minimum atomic E-state index is -0.448. The number of allylic oxidation sites excluding steroid dienone is 2. The Morgan fingerprint density at radius 3 is 2.26 bits per heavy atom. The molecule has 0 spiro atoms. The van der Waals surface area contributed by atoms with Gasteiger partial charge < -0.3 is 9.40 Å². The molecule has 3 aromatic carbocycles. The van der Waals surface area contributed by atoms with Crippen LogP contribution < -0.4 is 0 Å². The van der Waals surface area contributed by atoms with E-state index in [2.05, 4.69) is 34.9 Å². The molecule has 0 saturated carbocycles. The standard InChI is InChI=1S/C30H30N2O3/c1-5-7-8-13-27(31-35-21(4)33)22-14-16-28-25(18-22)26-19-23(15-17-29(26)32(28)6-2)30(34)24-12-10-9-11-20(24)3/h5,7,9-12,14-19H,6,8,13H2,1-4H3/b7-5+,31-27+. The smallest absolute Gasteiger partial charge is 0.331 e. The van der Waals surface area contributed by atoms with E-state index in [1.54, 1.807) is 0 Å². The Hall–Kier alpha value is -3.99. The molecule has 0 saturated heterocycles. The van der Waals surface area contributed by atoms with E-state index in [4.69, 9.17) is 4.84 Å². The zero-order chi connectivity index (χ0) is 24.9. The Labute approximate surface area is 205 Å². The Balaban J connectivity index is 1.86. The van der Waals surface area contributed by atoms with Crippen molar-refractivity contribution in [3.8, 4) is 0 Å². The maximum atomic E-state index is 13.3. The van der Waals surface area contributed by atoms with E-state index in [-0.39, 0.29) is 5.78 Å². The molecule has 1 heterocycles. The molecule has 5 heteroatoms. The van der Waals surface area contributed by atoms with Gasteiger partial charge in [0.05, 0.1) is 5.71 Å². The highest BCUT2D eigenvalue weighted by Gasteiger charge is 2.17. The van der Waals surface area contributed by atoms with Crippen molar-refractivity contribution < 1.29 is 14.4 Å². The number of hydrogen-bond donors (Lipinski definition) is 0. The first kappa shape index (κ1) is 24.1. The molecule has 178 valence electrons. The first-order valence-electron chi connectivity index (χ1n) is 12.0. The highest BCUT2D eigenvalue weighted by Crippen LogP contribution is 2.32. The van der Waals surface area contributed by atoms with Crippen LogP contribution >= 0.6 is 0 Å². The van der Waals surface area contributed by atoms with Crippen molar-refractivity contribution in [1.82, 2.24) is 4.57 Å². The number of benzene rings is 3. The van der Waals surface area contributed by atoms with Gasteiger partial charge in [-0.2, -0.15) is 0 Å². The van der Waals surface area contributed by atoms with Gasteiger partial charge >= 0.3 is 5.97 Å². The number of aromatic nitrogens is 1. The monoisotopic (exact) mass is 466 g/mol. The average molecular weight is 467 g/mol. The molecule has 35 heavy (non-hydrogen) atoms. The van der Waals surface area contributed by atoms with Crippen molar-refractivity contribution in [2.45, 2.75) is 47.1 Å². The number of carbonyl (C=O) groups excluding carboxylic acids is 2. The van der Waals surface area contributed by atoms with Gasteiger partial charge in [0, 0.05) is 52.0 Å². The van der Waals surface area contributed by atoms with Crippen LogP contribution in [0.3, 0.4) is 0 Å². The number of aryl methyl sites for hydroxylation is 2. The molecule has 0 aliphatic carbocycles. The highest BCUT2D eigenvalue weighted by atomic mass is 16.7. The number of carbonyl (C=O) groups is 2. The zero-order valence-corrected chi connectivity index (χ0v) is 20.7. The second-order valence-corrected chi connectivity index (χ2v) is 8.58. The molecule has 0 unspecified atom stereocenters. The van der Waals surface area contributed by atoms with Crippen LogP contribution in [0.1, 0.15) is 60.7 Å². The molecule has 0 N–H and O–H groups in total. The molecule has 1 aromatic heterocycles. The van der Waals surface area contributed by atoms with Gasteiger partial charge in [-0.1, -0.05) is 47.6 Å². The quantitative estimate of drug-likeness (QED) is 0.0925. The summed E-state index contributed by atoms with van der Waals surface area (Å²) < 4.78 is 2.25. The minimum Gasteiger partial charge on any atom is -0.341 e. The molecule has 0 radical (unpaired) electrons. The first-order valence-corrected chi connectivity index (χ1v) is 12.0. The predicted molar refractivity (Wildman–Crippen MR) is 142 cm³/mol. The van der Waals surface area contributed by atoms with E-state index in [0.717, 1.165) is 45.9 Å². The van der Waals surface area contributed by atoms with E-state index in [9.17, 15) is 9.59 Å². The first-order chi connectivity index (χ1) is 16.9. The average Bonchev–Trinajstić information content (AvgIpc) is 3.18. The van der Waals surface area contributed by atoms with Gasteiger partial charge in [0.1, 0.15) is 0 Å². The normalized spacial score (nSPS) is 12.1. The van der Waals surface area contributed by atoms with E-state index in [1.807, 2.05) is 68.5 Å². The summed E-state index contributed by atoms with van der Waals surface area (Å²) in [5.41, 5.74) is 6.11. The summed E-state index contributed by atoms with van der Waals surface area (Å²) in [6.07, 6.45) is 5.50. The summed E-state index contributed by atoms with van der Waals surface area (Å²) in [5.74, 6) is -0.432. The minimum absolute atomic E-state index is 0.0158. The molecule has 5 nitrogen and oxygen atoms in total. The molecule has 0 aliphatic heterocycles. The van der Waals surface area contributed by atoms with Crippen LogP contribution in [0.25, 0.3) is 21.8 Å². The Kier molecular flexibility index (Phi) is 7.25. The van der Waals surface area contributed by atoms with Crippen molar-refractivity contribution in [2.75, 3.05) is 0 Å². The SMILES string of the molecule is C/C=C/CC/C(=N\OC(C)=O)c1ccc2c(c1)c1cc(C(=O)c3ccccc3C)ccc1n2CC. The molecule has 0 atom stereocenters. The van der Waals surface area contributed by atoms with Crippen LogP contribution in [0.2, 0.25) is 0 Å². The zero-order valence-electron chi connectivity index (χ0n) is 20.7. The largest absolute Gasteiger partial charge is 0.341 e. The fraction of sp³-hybridized carbons (Fsp3) is 0.233. The topological polar surface area (TPSA) is 60.7 Å². The van der Waals surface area contributed by atoms with Gasteiger partial charge in [-0.05, 0) is 69.5 Å². The third kappa shape index (κ3) is 4.94. The summed E-state index contributed by atoms with van der Waals surface area (Å²) in [6.45, 7) is 8.20. The lowest BCUT2D eigenvalue weighted by Crippen LogP contribution is -2.04. The number of hydrogen-bond acceptors (Lipinski definition) is 4. The van der Waals surface area contributed by atoms with Crippen molar-refractivity contribution in [3.05, 3.63) is 95.1 Å². The molecular formula is C30H30N2O3. The van der Waals surface area contributed by atoms with E-state index in [0.29, 0.717) is 23.3 Å². The maximum Gasteiger partial charge on any atom is 0.331 e. The van der Waals surface area contributed by atoms with E-state index >= 15 is 0 Å². The van der Waals surface area contributed by atoms with Gasteiger partial charge in [0.2, 0.25) is 0 Å². The number of oxime groups is 1. The van der Waals surface area contributed by atoms with Crippen molar-refractivity contribution in [2.24, 2.45) is 5.16 Å². The lowest BCUT2D eigenvalue weighted by atomic mass is 9.97. The van der Waals surface area contributed by atoms with Crippen LogP contribution in [-0.4, -0.2) is 22.0 Å². The summed E-state index contributed by atoms with van der Waals surface area (Å²) in [5, 5.41) is 6.21. The molecule has 0 amide bonds. The fourth-order valence-electron chi connectivity index (χ4n) is 4.50. The summed E-state index contributed by atoms with van der Waals surface area (Å²) in [7, 11) is 0. The molecule has 0 fully saturated rings. The van der Waals surface area contributed by atoms with Gasteiger partial charge in [-0.3, -0.25) is 4.79 Å². The number of ketones is 1. The third-order valence-electron chi connectivity index (χ3n) is 6.23. The molecule has 4 rings (SSSR count). The van der Waals surface area contributed by atoms with Crippen LogP contribution in [0.15, 0.2) is 78.0 Å². The van der Waals surface area contributed by atoms with Crippen LogP contribution in [0, 0.1) is 6.92 Å². The van der Waals surface area contributed by atoms with Gasteiger partial charge in [-0.25, -0.2) is 4.79 Å². The molecule has 0 aliphatic rings. The van der Waals surface area contributed by atoms with Crippen LogP contribution in [-0.2, 0) is 16.2 Å². The van der Waals surface area contributed by atoms with Crippen molar-refractivity contribution >= 4 is 39.3 Å². The Bertz CT molecular complexity index is 1470. The second kappa shape index (κ2) is 10.5. The lowest BCUT2D eigenvalue weighted by Gasteiger charge is -2.07. The van der Waals surface area contributed by atoms with E-state index in [1.165, 1.54) is 6.92 Å². The molecular weight excluding hydrogens is 436 g/mol. The number of nitrogens with zero attached hydrogens (tertiary/aromatic N) is 2. The van der Waals surface area contributed by atoms with Gasteiger partial charge in [-0.15, -0.1) is 0 Å². The lowest BCUT2D eigenvalue weighted by molar-refractivity contribution is -0.140. The second-order valence-electron chi connectivity index (χ2n) is 8.58. The van der Waals surface area contributed by atoms with Gasteiger partial charge in [0.25, 0.3) is 0 Å².